The molecule has 0 aliphatic carbocycles. The fourth-order valence-electron chi connectivity index (χ4n) is 2.55. The largest absolute Gasteiger partial charge is 0.346 e. The highest BCUT2D eigenvalue weighted by Gasteiger charge is 2.14. The highest BCUT2D eigenvalue weighted by Crippen LogP contribution is 2.22. The Morgan fingerprint density at radius 2 is 1.64 bits per heavy atom. The van der Waals surface area contributed by atoms with Crippen LogP contribution < -0.4 is 10.7 Å². The van der Waals surface area contributed by atoms with Crippen LogP contribution in [0.25, 0.3) is 16.9 Å². The summed E-state index contributed by atoms with van der Waals surface area (Å²) in [4.78, 5) is 23.5. The lowest BCUT2D eigenvalue weighted by atomic mass is 10.1. The van der Waals surface area contributed by atoms with E-state index in [9.17, 15) is 9.59 Å². The first kappa shape index (κ1) is 19.0. The Labute approximate surface area is 163 Å². The van der Waals surface area contributed by atoms with Gasteiger partial charge in [-0.2, -0.15) is 10.2 Å². The van der Waals surface area contributed by atoms with Crippen LogP contribution in [0.15, 0.2) is 72.0 Å². The molecule has 1 aromatic heterocycles. The third kappa shape index (κ3) is 4.70. The summed E-state index contributed by atoms with van der Waals surface area (Å²) in [5.74, 6) is -1.54. The zero-order valence-corrected chi connectivity index (χ0v) is 15.7. The van der Waals surface area contributed by atoms with Crippen molar-refractivity contribution in [1.82, 2.24) is 20.5 Å². The Balaban J connectivity index is 1.86. The number of rotatable bonds is 5. The van der Waals surface area contributed by atoms with Crippen LogP contribution in [0.3, 0.4) is 0 Å². The van der Waals surface area contributed by atoms with Crippen LogP contribution in [0.1, 0.15) is 19.4 Å². The van der Waals surface area contributed by atoms with Crippen LogP contribution >= 0.6 is 0 Å². The first-order valence-electron chi connectivity index (χ1n) is 8.89. The molecule has 28 heavy (non-hydrogen) atoms. The predicted octanol–water partition coefficient (Wildman–Crippen LogP) is 2.51. The smallest absolute Gasteiger partial charge is 0.329 e. The molecule has 0 radical (unpaired) electrons. The molecule has 0 unspecified atom stereocenters. The van der Waals surface area contributed by atoms with Gasteiger partial charge in [0.05, 0.1) is 11.9 Å². The monoisotopic (exact) mass is 375 g/mol. The van der Waals surface area contributed by atoms with Crippen molar-refractivity contribution in [2.75, 3.05) is 0 Å². The van der Waals surface area contributed by atoms with E-state index in [4.69, 9.17) is 0 Å². The predicted molar refractivity (Wildman–Crippen MR) is 108 cm³/mol. The number of amides is 2. The highest BCUT2D eigenvalue weighted by molar-refractivity contribution is 6.35. The summed E-state index contributed by atoms with van der Waals surface area (Å²) in [5, 5.41) is 11.1. The molecule has 0 aliphatic heterocycles. The van der Waals surface area contributed by atoms with Gasteiger partial charge in [-0.1, -0.05) is 48.5 Å². The number of carbonyl (C=O) groups excluding carboxylic acids is 2. The van der Waals surface area contributed by atoms with Gasteiger partial charge in [0.25, 0.3) is 0 Å². The number of hydrogen-bond donors (Lipinski definition) is 2. The van der Waals surface area contributed by atoms with E-state index in [-0.39, 0.29) is 6.04 Å². The Bertz CT molecular complexity index is 979. The van der Waals surface area contributed by atoms with Gasteiger partial charge in [-0.3, -0.25) is 9.59 Å². The molecule has 0 saturated heterocycles. The molecule has 0 fully saturated rings. The number of carbonyl (C=O) groups is 2. The summed E-state index contributed by atoms with van der Waals surface area (Å²) < 4.78 is 1.75. The van der Waals surface area contributed by atoms with Crippen molar-refractivity contribution in [3.05, 3.63) is 72.4 Å². The molecule has 2 N–H and O–H groups in total. The van der Waals surface area contributed by atoms with Crippen LogP contribution in [0, 0.1) is 0 Å². The molecule has 0 spiro atoms. The van der Waals surface area contributed by atoms with E-state index in [1.165, 1.54) is 6.21 Å². The maximum atomic E-state index is 11.8. The molecular formula is C21H21N5O2. The molecule has 142 valence electrons. The second kappa shape index (κ2) is 8.77. The van der Waals surface area contributed by atoms with Gasteiger partial charge < -0.3 is 5.32 Å². The second-order valence-corrected chi connectivity index (χ2v) is 6.41. The van der Waals surface area contributed by atoms with E-state index in [0.29, 0.717) is 11.3 Å². The Kier molecular flexibility index (Phi) is 5.96. The maximum absolute atomic E-state index is 11.8. The Hall–Kier alpha value is -3.74. The van der Waals surface area contributed by atoms with Crippen LogP contribution in [0.2, 0.25) is 0 Å². The summed E-state index contributed by atoms with van der Waals surface area (Å²) in [6.45, 7) is 3.55. The molecular weight excluding hydrogens is 354 g/mol. The zero-order chi connectivity index (χ0) is 19.9. The fraction of sp³-hybridized carbons (Fsp3) is 0.143. The minimum absolute atomic E-state index is 0.129. The SMILES string of the molecule is CC(C)NC(=O)C(=O)N/N=C\c1cn(-c2ccccc2)nc1-c1ccccc1. The number of nitrogens with zero attached hydrogens (tertiary/aromatic N) is 3. The normalized spacial score (nSPS) is 11.0. The number of aromatic nitrogens is 2. The topological polar surface area (TPSA) is 88.4 Å². The first-order valence-corrected chi connectivity index (χ1v) is 8.89. The molecule has 0 bridgehead atoms. The molecule has 2 amide bonds. The summed E-state index contributed by atoms with van der Waals surface area (Å²) in [7, 11) is 0. The van der Waals surface area contributed by atoms with E-state index >= 15 is 0 Å². The zero-order valence-electron chi connectivity index (χ0n) is 15.7. The minimum Gasteiger partial charge on any atom is -0.346 e. The summed E-state index contributed by atoms with van der Waals surface area (Å²) in [6.07, 6.45) is 3.30. The lowest BCUT2D eigenvalue weighted by Crippen LogP contribution is -2.41. The van der Waals surface area contributed by atoms with Gasteiger partial charge >= 0.3 is 11.8 Å². The average molecular weight is 375 g/mol. The van der Waals surface area contributed by atoms with E-state index in [1.54, 1.807) is 18.5 Å². The van der Waals surface area contributed by atoms with Gasteiger partial charge in [-0.25, -0.2) is 10.1 Å². The van der Waals surface area contributed by atoms with Gasteiger partial charge in [0.2, 0.25) is 0 Å². The number of benzene rings is 2. The van der Waals surface area contributed by atoms with E-state index in [0.717, 1.165) is 11.3 Å². The number of para-hydroxylation sites is 1. The van der Waals surface area contributed by atoms with Crippen molar-refractivity contribution < 1.29 is 9.59 Å². The third-order valence-corrected chi connectivity index (χ3v) is 3.81. The third-order valence-electron chi connectivity index (χ3n) is 3.81. The molecule has 3 rings (SSSR count). The quantitative estimate of drug-likeness (QED) is 0.408. The van der Waals surface area contributed by atoms with E-state index in [1.807, 2.05) is 66.9 Å². The number of hydrazone groups is 1. The maximum Gasteiger partial charge on any atom is 0.329 e. The highest BCUT2D eigenvalue weighted by atomic mass is 16.2. The van der Waals surface area contributed by atoms with Gasteiger partial charge in [-0.05, 0) is 26.0 Å². The van der Waals surface area contributed by atoms with Crippen molar-refractivity contribution >= 4 is 18.0 Å². The van der Waals surface area contributed by atoms with Gasteiger partial charge in [0.15, 0.2) is 0 Å². The van der Waals surface area contributed by atoms with Gasteiger partial charge in [-0.15, -0.1) is 0 Å². The van der Waals surface area contributed by atoms with Crippen molar-refractivity contribution in [2.45, 2.75) is 19.9 Å². The second-order valence-electron chi connectivity index (χ2n) is 6.41. The van der Waals surface area contributed by atoms with Gasteiger partial charge in [0.1, 0.15) is 5.69 Å². The van der Waals surface area contributed by atoms with Crippen LogP contribution in [-0.2, 0) is 9.59 Å². The number of nitrogens with one attached hydrogen (secondary N) is 2. The lowest BCUT2D eigenvalue weighted by Gasteiger charge is -2.05. The van der Waals surface area contributed by atoms with Gasteiger partial charge in [0, 0.05) is 23.4 Å². The van der Waals surface area contributed by atoms with E-state index in [2.05, 4.69) is 20.9 Å². The molecule has 0 saturated carbocycles. The Morgan fingerprint density at radius 1 is 1.00 bits per heavy atom. The average Bonchev–Trinajstić information content (AvgIpc) is 3.13. The summed E-state index contributed by atoms with van der Waals surface area (Å²) in [5.41, 5.74) is 5.49. The van der Waals surface area contributed by atoms with Crippen LogP contribution in [0.4, 0.5) is 0 Å². The first-order chi connectivity index (χ1) is 13.5. The molecule has 7 heteroatoms. The lowest BCUT2D eigenvalue weighted by molar-refractivity contribution is -0.139. The summed E-state index contributed by atoms with van der Waals surface area (Å²) >= 11 is 0. The standard InChI is InChI=1S/C21H21N5O2/c1-15(2)23-20(27)21(28)24-22-13-17-14-26(18-11-7-4-8-12-18)25-19(17)16-9-5-3-6-10-16/h3-15H,1-2H3,(H,23,27)(H,24,28)/b22-13-. The molecule has 0 atom stereocenters. The molecule has 1 heterocycles. The molecule has 2 aromatic carbocycles. The van der Waals surface area contributed by atoms with Crippen molar-refractivity contribution in [2.24, 2.45) is 5.10 Å². The minimum atomic E-state index is -0.818. The number of hydrogen-bond acceptors (Lipinski definition) is 4. The molecule has 3 aromatic rings. The summed E-state index contributed by atoms with van der Waals surface area (Å²) in [6, 6.07) is 19.2. The fourth-order valence-corrected chi connectivity index (χ4v) is 2.55. The van der Waals surface area contributed by atoms with Crippen molar-refractivity contribution in [3.63, 3.8) is 0 Å². The van der Waals surface area contributed by atoms with Crippen molar-refractivity contribution in [3.8, 4) is 16.9 Å². The van der Waals surface area contributed by atoms with E-state index < -0.39 is 11.8 Å². The molecule has 7 nitrogen and oxygen atoms in total. The molecule has 0 aliphatic rings. The van der Waals surface area contributed by atoms with Crippen LogP contribution in [-0.4, -0.2) is 33.9 Å². The van der Waals surface area contributed by atoms with Crippen molar-refractivity contribution in [1.29, 1.82) is 0 Å². The van der Waals surface area contributed by atoms with Crippen LogP contribution in [0.5, 0.6) is 0 Å². The Morgan fingerprint density at radius 3 is 2.29 bits per heavy atom.